The molecule has 0 saturated heterocycles. The van der Waals surface area contributed by atoms with Crippen LogP contribution in [0.15, 0.2) is 50.9 Å². The minimum atomic E-state index is 0.326. The lowest BCUT2D eigenvalue weighted by Gasteiger charge is -2.15. The Morgan fingerprint density at radius 2 is 2.20 bits per heavy atom. The summed E-state index contributed by atoms with van der Waals surface area (Å²) >= 11 is 11.3. The van der Waals surface area contributed by atoms with Crippen molar-refractivity contribution in [2.45, 2.75) is 29.8 Å². The van der Waals surface area contributed by atoms with Gasteiger partial charge in [0.15, 0.2) is 0 Å². The quantitative estimate of drug-likeness (QED) is 0.770. The van der Waals surface area contributed by atoms with Crippen LogP contribution < -0.4 is 5.32 Å². The fourth-order valence-electron chi connectivity index (χ4n) is 1.90. The van der Waals surface area contributed by atoms with Gasteiger partial charge in [-0.15, -0.1) is 0 Å². The first-order valence-corrected chi connectivity index (χ1v) is 8.41. The fourth-order valence-corrected chi connectivity index (χ4v) is 3.82. The number of nitrogens with one attached hydrogen (secondary N) is 1. The maximum atomic E-state index is 6.13. The van der Waals surface area contributed by atoms with Crippen LogP contribution in [-0.4, -0.2) is 11.5 Å². The Kier molecular flexibility index (Phi) is 5.90. The maximum absolute atomic E-state index is 6.13. The second-order valence-corrected chi connectivity index (χ2v) is 6.68. The summed E-state index contributed by atoms with van der Waals surface area (Å²) in [4.78, 5) is 5.41. The van der Waals surface area contributed by atoms with E-state index in [0.29, 0.717) is 11.1 Å². The van der Waals surface area contributed by atoms with Crippen molar-refractivity contribution >= 4 is 39.3 Å². The third-order valence-corrected chi connectivity index (χ3v) is 5.00. The average Bonchev–Trinajstić information content (AvgIpc) is 2.42. The van der Waals surface area contributed by atoms with Crippen molar-refractivity contribution in [3.8, 4) is 0 Å². The Balaban J connectivity index is 2.19. The van der Waals surface area contributed by atoms with E-state index in [9.17, 15) is 0 Å². The zero-order valence-electron chi connectivity index (χ0n) is 11.4. The van der Waals surface area contributed by atoms with Crippen LogP contribution in [0.1, 0.15) is 25.5 Å². The van der Waals surface area contributed by atoms with Gasteiger partial charge in [-0.3, -0.25) is 0 Å². The minimum Gasteiger partial charge on any atom is -0.310 e. The van der Waals surface area contributed by atoms with Gasteiger partial charge in [-0.05, 0) is 43.3 Å². The van der Waals surface area contributed by atoms with Gasteiger partial charge in [0.1, 0.15) is 5.03 Å². The Morgan fingerprint density at radius 1 is 1.40 bits per heavy atom. The number of hydrogen-bond donors (Lipinski definition) is 1. The van der Waals surface area contributed by atoms with Gasteiger partial charge in [-0.1, -0.05) is 52.3 Å². The summed E-state index contributed by atoms with van der Waals surface area (Å²) in [5.41, 5.74) is 1.25. The fraction of sp³-hybridized carbons (Fsp3) is 0.267. The molecule has 0 aliphatic carbocycles. The highest BCUT2D eigenvalue weighted by molar-refractivity contribution is 9.10. The topological polar surface area (TPSA) is 24.9 Å². The van der Waals surface area contributed by atoms with Gasteiger partial charge in [-0.2, -0.15) is 0 Å². The van der Waals surface area contributed by atoms with Crippen LogP contribution in [0.2, 0.25) is 5.02 Å². The first kappa shape index (κ1) is 15.8. The first-order valence-electron chi connectivity index (χ1n) is 6.43. The van der Waals surface area contributed by atoms with Crippen LogP contribution in [0.4, 0.5) is 0 Å². The van der Waals surface area contributed by atoms with Crippen molar-refractivity contribution in [3.63, 3.8) is 0 Å². The summed E-state index contributed by atoms with van der Waals surface area (Å²) in [6.45, 7) is 5.22. The van der Waals surface area contributed by atoms with Gasteiger partial charge in [0.05, 0.1) is 5.02 Å². The maximum Gasteiger partial charge on any atom is 0.119 e. The molecular weight excluding hydrogens is 356 g/mol. The van der Waals surface area contributed by atoms with Crippen LogP contribution in [0.5, 0.6) is 0 Å². The van der Waals surface area contributed by atoms with E-state index in [-0.39, 0.29) is 0 Å². The monoisotopic (exact) mass is 370 g/mol. The lowest BCUT2D eigenvalue weighted by molar-refractivity contribution is 0.595. The number of hydrogen-bond acceptors (Lipinski definition) is 3. The summed E-state index contributed by atoms with van der Waals surface area (Å²) in [5, 5.41) is 4.92. The molecule has 1 aromatic heterocycles. The Bertz CT molecular complexity index is 592. The normalized spacial score (nSPS) is 12.4. The second-order valence-electron chi connectivity index (χ2n) is 4.36. The van der Waals surface area contributed by atoms with E-state index in [1.54, 1.807) is 18.0 Å². The predicted octanol–water partition coefficient (Wildman–Crippen LogP) is 5.32. The molecule has 0 aliphatic heterocycles. The number of nitrogens with zero attached hydrogens (tertiary/aromatic N) is 1. The number of aromatic nitrogens is 1. The second kappa shape index (κ2) is 7.46. The molecule has 0 aliphatic rings. The predicted molar refractivity (Wildman–Crippen MR) is 89.6 cm³/mol. The third-order valence-electron chi connectivity index (χ3n) is 2.89. The molecule has 0 radical (unpaired) electrons. The van der Waals surface area contributed by atoms with Gasteiger partial charge in [0.2, 0.25) is 0 Å². The molecule has 2 rings (SSSR count). The SMILES string of the molecule is CCNC(C)c1ccc(Sc2ncccc2Cl)cc1Br. The average molecular weight is 372 g/mol. The number of pyridine rings is 1. The number of benzene rings is 1. The number of rotatable bonds is 5. The highest BCUT2D eigenvalue weighted by atomic mass is 79.9. The zero-order chi connectivity index (χ0) is 14.5. The molecule has 0 bridgehead atoms. The van der Waals surface area contributed by atoms with Gasteiger partial charge < -0.3 is 5.32 Å². The molecule has 1 N–H and O–H groups in total. The molecule has 5 heteroatoms. The highest BCUT2D eigenvalue weighted by Crippen LogP contribution is 2.34. The van der Waals surface area contributed by atoms with Crippen molar-refractivity contribution in [1.29, 1.82) is 0 Å². The summed E-state index contributed by atoms with van der Waals surface area (Å²) in [6.07, 6.45) is 1.75. The van der Waals surface area contributed by atoms with Gasteiger partial charge in [-0.25, -0.2) is 4.98 Å². The molecule has 2 aromatic rings. The van der Waals surface area contributed by atoms with Crippen LogP contribution in [0.3, 0.4) is 0 Å². The van der Waals surface area contributed by atoms with Crippen LogP contribution >= 0.6 is 39.3 Å². The van der Waals surface area contributed by atoms with Gasteiger partial charge in [0, 0.05) is 21.6 Å². The zero-order valence-corrected chi connectivity index (χ0v) is 14.5. The summed E-state index contributed by atoms with van der Waals surface area (Å²) in [6, 6.07) is 10.4. The summed E-state index contributed by atoms with van der Waals surface area (Å²) in [5.74, 6) is 0. The minimum absolute atomic E-state index is 0.326. The van der Waals surface area contributed by atoms with Crippen LogP contribution in [0.25, 0.3) is 0 Å². The molecule has 106 valence electrons. The van der Waals surface area contributed by atoms with Crippen molar-refractivity contribution in [2.24, 2.45) is 0 Å². The third kappa shape index (κ3) is 3.98. The highest BCUT2D eigenvalue weighted by Gasteiger charge is 2.10. The molecule has 0 fully saturated rings. The van der Waals surface area contributed by atoms with Crippen molar-refractivity contribution < 1.29 is 0 Å². The Hall–Kier alpha value is -0.550. The lowest BCUT2D eigenvalue weighted by atomic mass is 10.1. The molecule has 1 aromatic carbocycles. The largest absolute Gasteiger partial charge is 0.310 e. The first-order chi connectivity index (χ1) is 9.61. The Labute approximate surface area is 137 Å². The van der Waals surface area contributed by atoms with Crippen molar-refractivity contribution in [2.75, 3.05) is 6.54 Å². The molecular formula is C15H16BrClN2S. The molecule has 0 spiro atoms. The van der Waals surface area contributed by atoms with E-state index >= 15 is 0 Å². The van der Waals surface area contributed by atoms with Crippen molar-refractivity contribution in [3.05, 3.63) is 51.6 Å². The molecule has 20 heavy (non-hydrogen) atoms. The van der Waals surface area contributed by atoms with Gasteiger partial charge in [0.25, 0.3) is 0 Å². The van der Waals surface area contributed by atoms with E-state index in [1.807, 2.05) is 12.1 Å². The standard InChI is InChI=1S/C15H16BrClN2S/c1-3-18-10(2)12-7-6-11(9-13(12)16)20-15-14(17)5-4-8-19-15/h4-10,18H,3H2,1-2H3. The molecule has 1 heterocycles. The molecule has 1 unspecified atom stereocenters. The van der Waals surface area contributed by atoms with Gasteiger partial charge >= 0.3 is 0 Å². The molecule has 0 saturated carbocycles. The lowest BCUT2D eigenvalue weighted by Crippen LogP contribution is -2.18. The Morgan fingerprint density at radius 3 is 2.85 bits per heavy atom. The summed E-state index contributed by atoms with van der Waals surface area (Å²) in [7, 11) is 0. The van der Waals surface area contributed by atoms with E-state index in [2.05, 4.69) is 58.3 Å². The van der Waals surface area contributed by atoms with Crippen LogP contribution in [-0.2, 0) is 0 Å². The van der Waals surface area contributed by atoms with Crippen molar-refractivity contribution in [1.82, 2.24) is 10.3 Å². The molecule has 2 nitrogen and oxygen atoms in total. The van der Waals surface area contributed by atoms with E-state index in [1.165, 1.54) is 5.56 Å². The molecule has 0 amide bonds. The van der Waals surface area contributed by atoms with E-state index in [4.69, 9.17) is 11.6 Å². The number of halogens is 2. The van der Waals surface area contributed by atoms with E-state index in [0.717, 1.165) is 20.9 Å². The smallest absolute Gasteiger partial charge is 0.119 e. The molecule has 1 atom stereocenters. The summed E-state index contributed by atoms with van der Waals surface area (Å²) < 4.78 is 1.10. The van der Waals surface area contributed by atoms with Crippen LogP contribution in [0, 0.1) is 0 Å². The van der Waals surface area contributed by atoms with E-state index < -0.39 is 0 Å².